The lowest BCUT2D eigenvalue weighted by atomic mass is 10.2. The first kappa shape index (κ1) is 11.6. The number of fused-ring (bicyclic) bond motifs is 1. The molecule has 1 aromatic heterocycles. The van der Waals surface area contributed by atoms with Crippen LogP contribution in [0.15, 0.2) is 18.2 Å². The zero-order chi connectivity index (χ0) is 12.5. The Labute approximate surface area is 108 Å². The Morgan fingerprint density at radius 2 is 2.22 bits per heavy atom. The van der Waals surface area contributed by atoms with Crippen LogP contribution in [0, 0.1) is 0 Å². The summed E-state index contributed by atoms with van der Waals surface area (Å²) in [6.07, 6.45) is 5.04. The van der Waals surface area contributed by atoms with Crippen LogP contribution in [0.1, 0.15) is 44.3 Å². The van der Waals surface area contributed by atoms with Crippen molar-refractivity contribution >= 4 is 11.0 Å². The van der Waals surface area contributed by atoms with Crippen molar-refractivity contribution in [2.24, 2.45) is 0 Å². The number of unbranched alkanes of at least 4 members (excludes halogenated alkanes) is 1. The normalized spacial score (nSPS) is 15.2. The second-order valence-corrected chi connectivity index (χ2v) is 5.10. The minimum Gasteiger partial charge on any atom is -0.497 e. The first-order valence-corrected chi connectivity index (χ1v) is 6.87. The van der Waals surface area contributed by atoms with Gasteiger partial charge >= 0.3 is 0 Å². The van der Waals surface area contributed by atoms with Crippen molar-refractivity contribution in [3.05, 3.63) is 24.0 Å². The van der Waals surface area contributed by atoms with Gasteiger partial charge in [-0.1, -0.05) is 13.3 Å². The first-order valence-electron chi connectivity index (χ1n) is 6.87. The minimum absolute atomic E-state index is 0.695. The number of rotatable bonds is 5. The lowest BCUT2D eigenvalue weighted by Gasteiger charge is -2.07. The molecule has 0 unspecified atom stereocenters. The summed E-state index contributed by atoms with van der Waals surface area (Å²) < 4.78 is 7.69. The Balaban J connectivity index is 2.07. The SMILES string of the molecule is CCCCn1c(C2CC2)nc2cc(OC)ccc21. The fourth-order valence-electron chi connectivity index (χ4n) is 2.46. The largest absolute Gasteiger partial charge is 0.497 e. The molecule has 18 heavy (non-hydrogen) atoms. The Kier molecular flexibility index (Phi) is 2.98. The number of nitrogens with zero attached hydrogens (tertiary/aromatic N) is 2. The van der Waals surface area contributed by atoms with E-state index in [0.29, 0.717) is 5.92 Å². The molecule has 1 aromatic carbocycles. The molecule has 1 saturated carbocycles. The lowest BCUT2D eigenvalue weighted by molar-refractivity contribution is 0.415. The number of aryl methyl sites for hydroxylation is 1. The van der Waals surface area contributed by atoms with Crippen LogP contribution in [0.5, 0.6) is 5.75 Å². The summed E-state index contributed by atoms with van der Waals surface area (Å²) in [5.74, 6) is 2.87. The summed E-state index contributed by atoms with van der Waals surface area (Å²) in [5.41, 5.74) is 2.33. The number of imidazole rings is 1. The van der Waals surface area contributed by atoms with Gasteiger partial charge in [-0.25, -0.2) is 4.98 Å². The minimum atomic E-state index is 0.695. The molecule has 1 fully saturated rings. The van der Waals surface area contributed by atoms with Gasteiger partial charge in [0, 0.05) is 18.5 Å². The molecule has 0 spiro atoms. The van der Waals surface area contributed by atoms with Crippen LogP contribution in [-0.2, 0) is 6.54 Å². The molecule has 1 aliphatic carbocycles. The van der Waals surface area contributed by atoms with Crippen LogP contribution in [0.4, 0.5) is 0 Å². The van der Waals surface area contributed by atoms with Crippen molar-refractivity contribution < 1.29 is 4.74 Å². The smallest absolute Gasteiger partial charge is 0.121 e. The number of benzene rings is 1. The van der Waals surface area contributed by atoms with Crippen LogP contribution in [-0.4, -0.2) is 16.7 Å². The molecule has 3 nitrogen and oxygen atoms in total. The van der Waals surface area contributed by atoms with Crippen LogP contribution < -0.4 is 4.74 Å². The molecule has 0 aliphatic heterocycles. The highest BCUT2D eigenvalue weighted by Gasteiger charge is 2.29. The van der Waals surface area contributed by atoms with Crippen LogP contribution >= 0.6 is 0 Å². The van der Waals surface area contributed by atoms with Gasteiger partial charge in [0.05, 0.1) is 18.1 Å². The highest BCUT2D eigenvalue weighted by atomic mass is 16.5. The number of hydrogen-bond acceptors (Lipinski definition) is 2. The van der Waals surface area contributed by atoms with E-state index in [1.54, 1.807) is 7.11 Å². The highest BCUT2D eigenvalue weighted by Crippen LogP contribution is 2.41. The van der Waals surface area contributed by atoms with E-state index < -0.39 is 0 Å². The van der Waals surface area contributed by atoms with Crippen molar-refractivity contribution in [1.82, 2.24) is 9.55 Å². The van der Waals surface area contributed by atoms with E-state index in [-0.39, 0.29) is 0 Å². The summed E-state index contributed by atoms with van der Waals surface area (Å²) in [5, 5.41) is 0. The zero-order valence-electron chi connectivity index (χ0n) is 11.1. The van der Waals surface area contributed by atoms with E-state index in [1.165, 1.54) is 37.0 Å². The average molecular weight is 244 g/mol. The zero-order valence-corrected chi connectivity index (χ0v) is 11.1. The van der Waals surface area contributed by atoms with Gasteiger partial charge < -0.3 is 9.30 Å². The van der Waals surface area contributed by atoms with Crippen molar-refractivity contribution in [1.29, 1.82) is 0 Å². The van der Waals surface area contributed by atoms with Gasteiger partial charge in [-0.15, -0.1) is 0 Å². The fourth-order valence-corrected chi connectivity index (χ4v) is 2.46. The van der Waals surface area contributed by atoms with E-state index >= 15 is 0 Å². The molecule has 0 radical (unpaired) electrons. The molecule has 1 aliphatic rings. The topological polar surface area (TPSA) is 27.1 Å². The number of methoxy groups -OCH3 is 1. The molecule has 96 valence electrons. The maximum atomic E-state index is 5.28. The van der Waals surface area contributed by atoms with E-state index in [4.69, 9.17) is 9.72 Å². The van der Waals surface area contributed by atoms with Crippen molar-refractivity contribution in [3.63, 3.8) is 0 Å². The van der Waals surface area contributed by atoms with Crippen LogP contribution in [0.2, 0.25) is 0 Å². The summed E-state index contributed by atoms with van der Waals surface area (Å²) in [6, 6.07) is 6.22. The van der Waals surface area contributed by atoms with Gasteiger partial charge in [0.25, 0.3) is 0 Å². The highest BCUT2D eigenvalue weighted by molar-refractivity contribution is 5.78. The summed E-state index contributed by atoms with van der Waals surface area (Å²) >= 11 is 0. The molecular weight excluding hydrogens is 224 g/mol. The summed E-state index contributed by atoms with van der Waals surface area (Å²) in [6.45, 7) is 3.32. The third-order valence-electron chi connectivity index (χ3n) is 3.66. The van der Waals surface area contributed by atoms with Gasteiger partial charge in [0.2, 0.25) is 0 Å². The van der Waals surface area contributed by atoms with Gasteiger partial charge in [0.1, 0.15) is 11.6 Å². The number of aromatic nitrogens is 2. The van der Waals surface area contributed by atoms with Gasteiger partial charge in [-0.3, -0.25) is 0 Å². The predicted octanol–water partition coefficient (Wildman–Crippen LogP) is 3.72. The Hall–Kier alpha value is -1.51. The molecule has 0 bridgehead atoms. The lowest BCUT2D eigenvalue weighted by Crippen LogP contribution is -2.02. The third-order valence-corrected chi connectivity index (χ3v) is 3.66. The molecule has 0 amide bonds. The first-order chi connectivity index (χ1) is 8.83. The molecule has 1 heterocycles. The second kappa shape index (κ2) is 4.63. The van der Waals surface area contributed by atoms with E-state index in [9.17, 15) is 0 Å². The molecule has 0 saturated heterocycles. The third kappa shape index (κ3) is 1.98. The van der Waals surface area contributed by atoms with Crippen molar-refractivity contribution in [3.8, 4) is 5.75 Å². The van der Waals surface area contributed by atoms with Gasteiger partial charge in [-0.2, -0.15) is 0 Å². The van der Waals surface area contributed by atoms with Crippen molar-refractivity contribution in [2.75, 3.05) is 7.11 Å². The fraction of sp³-hybridized carbons (Fsp3) is 0.533. The molecule has 3 rings (SSSR count). The molecule has 3 heteroatoms. The molecular formula is C15H20N2O. The average Bonchev–Trinajstić information content (AvgIpc) is 3.18. The number of ether oxygens (including phenoxy) is 1. The summed E-state index contributed by atoms with van der Waals surface area (Å²) in [7, 11) is 1.71. The quantitative estimate of drug-likeness (QED) is 0.801. The van der Waals surface area contributed by atoms with E-state index in [1.807, 2.05) is 12.1 Å². The van der Waals surface area contributed by atoms with Gasteiger partial charge in [0.15, 0.2) is 0 Å². The Morgan fingerprint density at radius 3 is 2.89 bits per heavy atom. The van der Waals surface area contributed by atoms with E-state index in [2.05, 4.69) is 17.6 Å². The number of hydrogen-bond donors (Lipinski definition) is 0. The monoisotopic (exact) mass is 244 g/mol. The molecule has 2 aromatic rings. The van der Waals surface area contributed by atoms with Gasteiger partial charge in [-0.05, 0) is 31.4 Å². The predicted molar refractivity (Wildman–Crippen MR) is 73.2 cm³/mol. The standard InChI is InChI=1S/C15H20N2O/c1-3-4-9-17-14-8-7-12(18-2)10-13(14)16-15(17)11-5-6-11/h7-8,10-11H,3-6,9H2,1-2H3. The van der Waals surface area contributed by atoms with E-state index in [0.717, 1.165) is 17.8 Å². The Bertz CT molecular complexity index is 555. The van der Waals surface area contributed by atoms with Crippen LogP contribution in [0.25, 0.3) is 11.0 Å². The summed E-state index contributed by atoms with van der Waals surface area (Å²) in [4.78, 5) is 4.82. The molecule has 0 N–H and O–H groups in total. The maximum Gasteiger partial charge on any atom is 0.121 e. The van der Waals surface area contributed by atoms with Crippen LogP contribution in [0.3, 0.4) is 0 Å². The van der Waals surface area contributed by atoms with Crippen molar-refractivity contribution in [2.45, 2.75) is 45.1 Å². The molecule has 0 atom stereocenters. The second-order valence-electron chi connectivity index (χ2n) is 5.10. The maximum absolute atomic E-state index is 5.28. The Morgan fingerprint density at radius 1 is 1.39 bits per heavy atom.